The highest BCUT2D eigenvalue weighted by Gasteiger charge is 2.43. The molecule has 2 aliphatic heterocycles. The summed E-state index contributed by atoms with van der Waals surface area (Å²) in [6.07, 6.45) is 2.13. The standard InChI is InChI=1S/C12H19N3O4/c1-16-12(3-6-17-7-4-12)9-14-10(19-15-9)11(13)2-5-18-8-11/h2-8,13H2,1H3. The molecule has 0 aromatic carbocycles. The van der Waals surface area contributed by atoms with Crippen molar-refractivity contribution < 1.29 is 18.7 Å². The molecule has 7 nitrogen and oxygen atoms in total. The van der Waals surface area contributed by atoms with E-state index in [2.05, 4.69) is 10.1 Å². The van der Waals surface area contributed by atoms with E-state index < -0.39 is 11.1 Å². The predicted molar refractivity (Wildman–Crippen MR) is 64.3 cm³/mol. The zero-order chi connectivity index (χ0) is 13.3. The number of hydrogen-bond acceptors (Lipinski definition) is 7. The Morgan fingerprint density at radius 1 is 1.16 bits per heavy atom. The Hall–Kier alpha value is -1.02. The molecule has 0 saturated carbocycles. The fourth-order valence-electron chi connectivity index (χ4n) is 2.58. The van der Waals surface area contributed by atoms with Crippen molar-refractivity contribution in [1.29, 1.82) is 0 Å². The van der Waals surface area contributed by atoms with Crippen LogP contribution in [0.3, 0.4) is 0 Å². The molecule has 19 heavy (non-hydrogen) atoms. The monoisotopic (exact) mass is 269 g/mol. The predicted octanol–water partition coefficient (Wildman–Crippen LogP) is 0.296. The maximum absolute atomic E-state index is 6.22. The van der Waals surface area contributed by atoms with Gasteiger partial charge in [-0.25, -0.2) is 0 Å². The Kier molecular flexibility index (Phi) is 3.30. The molecule has 2 N–H and O–H groups in total. The van der Waals surface area contributed by atoms with Gasteiger partial charge in [-0.05, 0) is 6.42 Å². The van der Waals surface area contributed by atoms with Crippen molar-refractivity contribution in [1.82, 2.24) is 10.1 Å². The van der Waals surface area contributed by atoms with Crippen LogP contribution < -0.4 is 5.73 Å². The van der Waals surface area contributed by atoms with Gasteiger partial charge in [0, 0.05) is 39.8 Å². The van der Waals surface area contributed by atoms with Gasteiger partial charge in [0.15, 0.2) is 0 Å². The third kappa shape index (κ3) is 2.16. The van der Waals surface area contributed by atoms with Crippen molar-refractivity contribution >= 4 is 0 Å². The van der Waals surface area contributed by atoms with Crippen LogP contribution in [0, 0.1) is 0 Å². The molecule has 106 valence electrons. The van der Waals surface area contributed by atoms with E-state index in [1.807, 2.05) is 0 Å². The molecule has 1 atom stereocenters. The van der Waals surface area contributed by atoms with E-state index in [-0.39, 0.29) is 0 Å². The topological polar surface area (TPSA) is 92.6 Å². The highest BCUT2D eigenvalue weighted by molar-refractivity contribution is 5.09. The molecule has 1 aromatic rings. The largest absolute Gasteiger partial charge is 0.381 e. The molecule has 7 heteroatoms. The zero-order valence-electron chi connectivity index (χ0n) is 11.1. The lowest BCUT2D eigenvalue weighted by Gasteiger charge is -2.32. The summed E-state index contributed by atoms with van der Waals surface area (Å²) in [5, 5.41) is 4.07. The van der Waals surface area contributed by atoms with Gasteiger partial charge >= 0.3 is 0 Å². The number of ether oxygens (including phenoxy) is 3. The quantitative estimate of drug-likeness (QED) is 0.843. The van der Waals surface area contributed by atoms with Gasteiger partial charge in [-0.1, -0.05) is 5.16 Å². The van der Waals surface area contributed by atoms with Crippen molar-refractivity contribution in [2.45, 2.75) is 30.4 Å². The Morgan fingerprint density at radius 2 is 1.89 bits per heavy atom. The first kappa shape index (κ1) is 13.0. The van der Waals surface area contributed by atoms with Gasteiger partial charge in [0.25, 0.3) is 0 Å². The molecule has 0 bridgehead atoms. The number of nitrogens with two attached hydrogens (primary N) is 1. The van der Waals surface area contributed by atoms with Crippen LogP contribution in [-0.4, -0.2) is 43.7 Å². The van der Waals surface area contributed by atoms with E-state index in [1.165, 1.54) is 0 Å². The molecule has 2 saturated heterocycles. The van der Waals surface area contributed by atoms with E-state index in [1.54, 1.807) is 7.11 Å². The molecule has 0 amide bonds. The van der Waals surface area contributed by atoms with Crippen LogP contribution in [0.2, 0.25) is 0 Å². The molecule has 0 spiro atoms. The van der Waals surface area contributed by atoms with E-state index in [9.17, 15) is 0 Å². The lowest BCUT2D eigenvalue weighted by atomic mass is 9.93. The Bertz CT molecular complexity index is 436. The third-order valence-corrected chi connectivity index (χ3v) is 4.00. The highest BCUT2D eigenvalue weighted by atomic mass is 16.5. The van der Waals surface area contributed by atoms with Gasteiger partial charge in [0.05, 0.1) is 6.61 Å². The lowest BCUT2D eigenvalue weighted by Crippen LogP contribution is -2.39. The zero-order valence-corrected chi connectivity index (χ0v) is 11.1. The summed E-state index contributed by atoms with van der Waals surface area (Å²) < 4.78 is 21.7. The van der Waals surface area contributed by atoms with E-state index in [0.717, 1.165) is 12.8 Å². The Balaban J connectivity index is 1.87. The van der Waals surface area contributed by atoms with Gasteiger partial charge in [-0.3, -0.25) is 0 Å². The number of rotatable bonds is 3. The van der Waals surface area contributed by atoms with Crippen LogP contribution in [0.25, 0.3) is 0 Å². The summed E-state index contributed by atoms with van der Waals surface area (Å²) in [5.41, 5.74) is 5.04. The molecule has 2 aliphatic rings. The van der Waals surface area contributed by atoms with Crippen LogP contribution in [0.1, 0.15) is 31.0 Å². The number of methoxy groups -OCH3 is 1. The maximum Gasteiger partial charge on any atom is 0.249 e. The minimum atomic E-state index is -0.661. The molecular formula is C12H19N3O4. The van der Waals surface area contributed by atoms with Crippen LogP contribution in [0.4, 0.5) is 0 Å². The minimum Gasteiger partial charge on any atom is -0.381 e. The van der Waals surface area contributed by atoms with Crippen LogP contribution >= 0.6 is 0 Å². The van der Waals surface area contributed by atoms with Crippen LogP contribution in [0.15, 0.2) is 4.52 Å². The van der Waals surface area contributed by atoms with Crippen molar-refractivity contribution in [2.75, 3.05) is 33.5 Å². The minimum absolute atomic E-state index is 0.414. The number of hydrogen-bond donors (Lipinski definition) is 1. The first-order chi connectivity index (χ1) is 9.19. The first-order valence-corrected chi connectivity index (χ1v) is 6.53. The van der Waals surface area contributed by atoms with Crippen molar-refractivity contribution in [3.05, 3.63) is 11.7 Å². The maximum atomic E-state index is 6.22. The van der Waals surface area contributed by atoms with E-state index in [4.69, 9.17) is 24.5 Å². The molecule has 1 aromatic heterocycles. The second kappa shape index (κ2) is 4.82. The van der Waals surface area contributed by atoms with Crippen molar-refractivity contribution in [2.24, 2.45) is 5.73 Å². The summed E-state index contributed by atoms with van der Waals surface area (Å²) in [6.45, 7) is 2.30. The van der Waals surface area contributed by atoms with E-state index in [0.29, 0.717) is 44.6 Å². The van der Waals surface area contributed by atoms with E-state index >= 15 is 0 Å². The summed E-state index contributed by atoms with van der Waals surface area (Å²) in [7, 11) is 1.66. The van der Waals surface area contributed by atoms with Crippen LogP contribution in [-0.2, 0) is 25.4 Å². The molecular weight excluding hydrogens is 250 g/mol. The van der Waals surface area contributed by atoms with Gasteiger partial charge in [0.1, 0.15) is 11.1 Å². The first-order valence-electron chi connectivity index (χ1n) is 6.53. The average molecular weight is 269 g/mol. The normalized spacial score (nSPS) is 30.6. The van der Waals surface area contributed by atoms with Gasteiger partial charge < -0.3 is 24.5 Å². The van der Waals surface area contributed by atoms with Gasteiger partial charge in [-0.15, -0.1) is 0 Å². The smallest absolute Gasteiger partial charge is 0.249 e. The summed E-state index contributed by atoms with van der Waals surface area (Å²) in [5.74, 6) is 0.993. The van der Waals surface area contributed by atoms with Crippen molar-refractivity contribution in [3.8, 4) is 0 Å². The second-order valence-electron chi connectivity index (χ2n) is 5.19. The lowest BCUT2D eigenvalue weighted by molar-refractivity contribution is -0.101. The summed E-state index contributed by atoms with van der Waals surface area (Å²) in [6, 6.07) is 0. The SMILES string of the molecule is COC1(c2noc(C3(N)CCOC3)n2)CCOCC1. The molecule has 0 radical (unpaired) electrons. The third-order valence-electron chi connectivity index (χ3n) is 4.00. The Labute approximate surface area is 111 Å². The highest BCUT2D eigenvalue weighted by Crippen LogP contribution is 2.35. The van der Waals surface area contributed by atoms with Gasteiger partial charge in [0.2, 0.25) is 11.7 Å². The fraction of sp³-hybridized carbons (Fsp3) is 0.833. The Morgan fingerprint density at radius 3 is 2.53 bits per heavy atom. The summed E-state index contributed by atoms with van der Waals surface area (Å²) in [4.78, 5) is 4.47. The van der Waals surface area contributed by atoms with Crippen molar-refractivity contribution in [3.63, 3.8) is 0 Å². The molecule has 2 fully saturated rings. The van der Waals surface area contributed by atoms with Gasteiger partial charge in [-0.2, -0.15) is 4.98 Å². The fourth-order valence-corrected chi connectivity index (χ4v) is 2.58. The van der Waals surface area contributed by atoms with Crippen LogP contribution in [0.5, 0.6) is 0 Å². The molecule has 0 aliphatic carbocycles. The molecule has 1 unspecified atom stereocenters. The number of aromatic nitrogens is 2. The molecule has 3 heterocycles. The second-order valence-corrected chi connectivity index (χ2v) is 5.19. The average Bonchev–Trinajstić information content (AvgIpc) is 3.09. The number of nitrogens with zero attached hydrogens (tertiary/aromatic N) is 2. The summed E-state index contributed by atoms with van der Waals surface area (Å²) >= 11 is 0. The molecule has 3 rings (SSSR count).